The zero-order valence-corrected chi connectivity index (χ0v) is 10.4. The summed E-state index contributed by atoms with van der Waals surface area (Å²) >= 11 is 0. The van der Waals surface area contributed by atoms with E-state index < -0.39 is 0 Å². The summed E-state index contributed by atoms with van der Waals surface area (Å²) in [5, 5.41) is 0. The number of hydrogen-bond donors (Lipinski definition) is 0. The highest BCUT2D eigenvalue weighted by Crippen LogP contribution is 2.23. The summed E-state index contributed by atoms with van der Waals surface area (Å²) in [5.41, 5.74) is 0. The molecule has 14 heavy (non-hydrogen) atoms. The third-order valence-electron chi connectivity index (χ3n) is 3.03. The molecule has 0 aromatic heterocycles. The number of likely N-dealkylation sites (tertiary alicyclic amines) is 1. The van der Waals surface area contributed by atoms with Crippen LogP contribution in [0.3, 0.4) is 0 Å². The molecule has 0 saturated carbocycles. The van der Waals surface area contributed by atoms with Gasteiger partial charge in [0.15, 0.2) is 0 Å². The van der Waals surface area contributed by atoms with Gasteiger partial charge in [-0.25, -0.2) is 0 Å². The van der Waals surface area contributed by atoms with Crippen molar-refractivity contribution >= 4 is 0 Å². The molecule has 0 aliphatic carbocycles. The van der Waals surface area contributed by atoms with Crippen LogP contribution in [0.15, 0.2) is 0 Å². The van der Waals surface area contributed by atoms with Gasteiger partial charge in [-0.05, 0) is 43.6 Å². The Morgan fingerprint density at radius 1 is 1.14 bits per heavy atom. The molecule has 0 radical (unpaired) electrons. The Bertz CT molecular complexity index is 135. The number of hydrogen-bond acceptors (Lipinski definition) is 1. The van der Waals surface area contributed by atoms with Gasteiger partial charge in [0.25, 0.3) is 0 Å². The number of piperidine rings is 1. The second-order valence-corrected chi connectivity index (χ2v) is 5.79. The minimum Gasteiger partial charge on any atom is -0.303 e. The van der Waals surface area contributed by atoms with E-state index in [-0.39, 0.29) is 0 Å². The van der Waals surface area contributed by atoms with Crippen LogP contribution < -0.4 is 0 Å². The fraction of sp³-hybridized carbons (Fsp3) is 1.00. The molecular weight excluding hydrogens is 170 g/mol. The Hall–Kier alpha value is -0.0400. The van der Waals surface area contributed by atoms with Gasteiger partial charge in [0.05, 0.1) is 0 Å². The summed E-state index contributed by atoms with van der Waals surface area (Å²) in [6.07, 6.45) is 4.31. The second-order valence-electron chi connectivity index (χ2n) is 5.79. The van der Waals surface area contributed by atoms with Crippen LogP contribution in [0.25, 0.3) is 0 Å². The van der Waals surface area contributed by atoms with Crippen LogP contribution in [0, 0.1) is 17.8 Å². The molecule has 0 aromatic carbocycles. The van der Waals surface area contributed by atoms with Crippen LogP contribution in [0.2, 0.25) is 0 Å². The molecule has 1 heterocycles. The van der Waals surface area contributed by atoms with Gasteiger partial charge in [0, 0.05) is 13.1 Å². The van der Waals surface area contributed by atoms with Crippen molar-refractivity contribution in [2.24, 2.45) is 17.8 Å². The normalized spacial score (nSPS) is 24.9. The van der Waals surface area contributed by atoms with Gasteiger partial charge in [-0.3, -0.25) is 0 Å². The fourth-order valence-corrected chi connectivity index (χ4v) is 2.69. The highest BCUT2D eigenvalue weighted by Gasteiger charge is 2.20. The maximum absolute atomic E-state index is 2.67. The third kappa shape index (κ3) is 4.45. The zero-order valence-electron chi connectivity index (χ0n) is 10.4. The number of rotatable bonds is 4. The maximum atomic E-state index is 2.67. The molecule has 1 unspecified atom stereocenters. The molecule has 1 aliphatic heterocycles. The average Bonchev–Trinajstić information content (AvgIpc) is 2.01. The predicted molar refractivity (Wildman–Crippen MR) is 63.5 cm³/mol. The molecule has 0 N–H and O–H groups in total. The summed E-state index contributed by atoms with van der Waals surface area (Å²) in [4.78, 5) is 2.67. The molecule has 1 atom stereocenters. The van der Waals surface area contributed by atoms with Crippen molar-refractivity contribution in [3.8, 4) is 0 Å². The van der Waals surface area contributed by atoms with Gasteiger partial charge in [-0.15, -0.1) is 0 Å². The second kappa shape index (κ2) is 5.75. The summed E-state index contributed by atoms with van der Waals surface area (Å²) in [5.74, 6) is 2.68. The molecule has 1 rings (SSSR count). The zero-order chi connectivity index (χ0) is 10.6. The van der Waals surface area contributed by atoms with Gasteiger partial charge in [-0.2, -0.15) is 0 Å². The topological polar surface area (TPSA) is 3.24 Å². The van der Waals surface area contributed by atoms with Gasteiger partial charge in [-0.1, -0.05) is 27.7 Å². The Morgan fingerprint density at radius 2 is 1.86 bits per heavy atom. The van der Waals surface area contributed by atoms with E-state index in [0.717, 1.165) is 17.8 Å². The molecule has 1 nitrogen and oxygen atoms in total. The first kappa shape index (κ1) is 12.0. The first-order valence-corrected chi connectivity index (χ1v) is 6.30. The van der Waals surface area contributed by atoms with Crippen molar-refractivity contribution in [2.45, 2.75) is 47.0 Å². The Morgan fingerprint density at radius 3 is 2.43 bits per heavy atom. The van der Waals surface area contributed by atoms with Crippen LogP contribution in [-0.4, -0.2) is 24.5 Å². The van der Waals surface area contributed by atoms with E-state index in [1.807, 2.05) is 0 Å². The van der Waals surface area contributed by atoms with Gasteiger partial charge in [0.2, 0.25) is 0 Å². The molecule has 0 bridgehead atoms. The maximum Gasteiger partial charge on any atom is 0.000987 e. The average molecular weight is 197 g/mol. The fourth-order valence-electron chi connectivity index (χ4n) is 2.69. The molecule has 84 valence electrons. The molecule has 0 spiro atoms. The summed E-state index contributed by atoms with van der Waals surface area (Å²) in [7, 11) is 0. The van der Waals surface area contributed by atoms with Gasteiger partial charge in [0.1, 0.15) is 0 Å². The largest absolute Gasteiger partial charge is 0.303 e. The van der Waals surface area contributed by atoms with E-state index in [1.165, 1.54) is 38.9 Å². The van der Waals surface area contributed by atoms with E-state index >= 15 is 0 Å². The van der Waals surface area contributed by atoms with Gasteiger partial charge < -0.3 is 4.90 Å². The van der Waals surface area contributed by atoms with Crippen molar-refractivity contribution in [2.75, 3.05) is 19.6 Å². The van der Waals surface area contributed by atoms with Crippen LogP contribution in [0.1, 0.15) is 47.0 Å². The SMILES string of the molecule is CC(C)CC1CCCN(CC(C)C)C1. The van der Waals surface area contributed by atoms with E-state index in [9.17, 15) is 0 Å². The van der Waals surface area contributed by atoms with Crippen molar-refractivity contribution < 1.29 is 0 Å². The minimum atomic E-state index is 0.827. The van der Waals surface area contributed by atoms with Crippen molar-refractivity contribution in [1.29, 1.82) is 0 Å². The Kier molecular flexibility index (Phi) is 4.94. The molecule has 1 fully saturated rings. The van der Waals surface area contributed by atoms with Crippen LogP contribution >= 0.6 is 0 Å². The molecule has 0 amide bonds. The first-order chi connectivity index (χ1) is 6.58. The van der Waals surface area contributed by atoms with Crippen LogP contribution in [-0.2, 0) is 0 Å². The lowest BCUT2D eigenvalue weighted by molar-refractivity contribution is 0.145. The highest BCUT2D eigenvalue weighted by atomic mass is 15.1. The van der Waals surface area contributed by atoms with Gasteiger partial charge >= 0.3 is 0 Å². The molecule has 1 saturated heterocycles. The number of nitrogens with zero attached hydrogens (tertiary/aromatic N) is 1. The van der Waals surface area contributed by atoms with Crippen LogP contribution in [0.4, 0.5) is 0 Å². The van der Waals surface area contributed by atoms with E-state index in [1.54, 1.807) is 0 Å². The summed E-state index contributed by atoms with van der Waals surface area (Å²) in [6.45, 7) is 13.3. The van der Waals surface area contributed by atoms with Crippen molar-refractivity contribution in [3.05, 3.63) is 0 Å². The Labute approximate surface area is 89.9 Å². The monoisotopic (exact) mass is 197 g/mol. The lowest BCUT2D eigenvalue weighted by Crippen LogP contribution is -2.38. The standard InChI is InChI=1S/C13H27N/c1-11(2)8-13-6-5-7-14(10-13)9-12(3)4/h11-13H,5-10H2,1-4H3. The lowest BCUT2D eigenvalue weighted by atomic mass is 9.89. The van der Waals surface area contributed by atoms with Crippen molar-refractivity contribution in [3.63, 3.8) is 0 Å². The highest BCUT2D eigenvalue weighted by molar-refractivity contribution is 4.74. The van der Waals surface area contributed by atoms with E-state index in [0.29, 0.717) is 0 Å². The smallest absolute Gasteiger partial charge is 0.000987 e. The molecule has 1 aliphatic rings. The summed E-state index contributed by atoms with van der Waals surface area (Å²) in [6, 6.07) is 0. The van der Waals surface area contributed by atoms with E-state index in [2.05, 4.69) is 32.6 Å². The summed E-state index contributed by atoms with van der Waals surface area (Å²) < 4.78 is 0. The minimum absolute atomic E-state index is 0.827. The van der Waals surface area contributed by atoms with Crippen LogP contribution in [0.5, 0.6) is 0 Å². The first-order valence-electron chi connectivity index (χ1n) is 6.30. The van der Waals surface area contributed by atoms with E-state index in [4.69, 9.17) is 0 Å². The molecule has 1 heteroatoms. The molecule has 0 aromatic rings. The predicted octanol–water partition coefficient (Wildman–Crippen LogP) is 3.40. The Balaban J connectivity index is 2.28. The quantitative estimate of drug-likeness (QED) is 0.667. The molecular formula is C13H27N. The third-order valence-corrected chi connectivity index (χ3v) is 3.03. The lowest BCUT2D eigenvalue weighted by Gasteiger charge is -2.34. The van der Waals surface area contributed by atoms with Crippen molar-refractivity contribution in [1.82, 2.24) is 4.90 Å².